The highest BCUT2D eigenvalue weighted by atomic mass is 16.5. The van der Waals surface area contributed by atoms with Crippen LogP contribution in [0.1, 0.15) is 39.7 Å². The van der Waals surface area contributed by atoms with E-state index in [9.17, 15) is 0 Å². The molecule has 3 nitrogen and oxygen atoms in total. The Morgan fingerprint density at radius 2 is 1.90 bits per heavy atom. The van der Waals surface area contributed by atoms with Gasteiger partial charge in [-0.2, -0.15) is 0 Å². The van der Waals surface area contributed by atoms with Gasteiger partial charge in [0.05, 0.1) is 0 Å². The number of likely N-dealkylation sites (N-methyl/N-ethyl adjacent to an activating group) is 1. The molecule has 0 aliphatic rings. The molecule has 0 aliphatic carbocycles. The minimum Gasteiger partial charge on any atom is -0.492 e. The zero-order chi connectivity index (χ0) is 15.7. The van der Waals surface area contributed by atoms with Crippen LogP contribution in [0.2, 0.25) is 0 Å². The molecule has 1 rings (SSSR count). The zero-order valence-electron chi connectivity index (χ0n) is 14.4. The van der Waals surface area contributed by atoms with Crippen LogP contribution in [0.4, 0.5) is 0 Å². The molecule has 1 aromatic rings. The highest BCUT2D eigenvalue weighted by Gasteiger charge is 2.13. The summed E-state index contributed by atoms with van der Waals surface area (Å²) in [6.07, 6.45) is 1.15. The quantitative estimate of drug-likeness (QED) is 0.705. The van der Waals surface area contributed by atoms with Gasteiger partial charge in [-0.05, 0) is 31.5 Å². The van der Waals surface area contributed by atoms with Crippen molar-refractivity contribution in [2.75, 3.05) is 33.3 Å². The van der Waals surface area contributed by atoms with Crippen LogP contribution in [0, 0.1) is 5.41 Å². The van der Waals surface area contributed by atoms with E-state index in [0.29, 0.717) is 5.41 Å². The molecule has 0 unspecified atom stereocenters. The summed E-state index contributed by atoms with van der Waals surface area (Å²) in [5, 5.41) is 3.43. The lowest BCUT2D eigenvalue weighted by atomic mass is 9.96. The van der Waals surface area contributed by atoms with E-state index in [-0.39, 0.29) is 0 Å². The molecule has 0 fully saturated rings. The number of para-hydroxylation sites is 1. The standard InChI is InChI=1S/C18H32N2O/c1-6-11-19-14-16-9-7-8-10-17(16)21-13-12-20(5)15-18(2,3)4/h7-10,19H,6,11-15H2,1-5H3. The van der Waals surface area contributed by atoms with Gasteiger partial charge in [0.25, 0.3) is 0 Å². The first-order valence-electron chi connectivity index (χ1n) is 8.02. The van der Waals surface area contributed by atoms with Gasteiger partial charge in [0.15, 0.2) is 0 Å². The highest BCUT2D eigenvalue weighted by molar-refractivity contribution is 5.33. The molecule has 0 amide bonds. The first-order valence-corrected chi connectivity index (χ1v) is 8.02. The van der Waals surface area contributed by atoms with Crippen LogP contribution in [0.3, 0.4) is 0 Å². The van der Waals surface area contributed by atoms with Gasteiger partial charge in [-0.3, -0.25) is 0 Å². The molecule has 3 heteroatoms. The van der Waals surface area contributed by atoms with Gasteiger partial charge in [-0.25, -0.2) is 0 Å². The fourth-order valence-corrected chi connectivity index (χ4v) is 2.39. The topological polar surface area (TPSA) is 24.5 Å². The van der Waals surface area contributed by atoms with Crippen LogP contribution in [0.15, 0.2) is 24.3 Å². The third-order valence-electron chi connectivity index (χ3n) is 3.19. The first kappa shape index (κ1) is 18.0. The van der Waals surface area contributed by atoms with Crippen molar-refractivity contribution in [1.29, 1.82) is 0 Å². The largest absolute Gasteiger partial charge is 0.492 e. The molecule has 0 atom stereocenters. The molecule has 0 saturated heterocycles. The second-order valence-corrected chi connectivity index (χ2v) is 6.93. The molecule has 0 aromatic heterocycles. The predicted octanol–water partition coefficient (Wildman–Crippen LogP) is 3.54. The number of hydrogen-bond acceptors (Lipinski definition) is 3. The van der Waals surface area contributed by atoms with E-state index < -0.39 is 0 Å². The van der Waals surface area contributed by atoms with Crippen molar-refractivity contribution in [3.05, 3.63) is 29.8 Å². The van der Waals surface area contributed by atoms with E-state index >= 15 is 0 Å². The Morgan fingerprint density at radius 1 is 1.19 bits per heavy atom. The molecule has 0 saturated carbocycles. The van der Waals surface area contributed by atoms with Gasteiger partial charge >= 0.3 is 0 Å². The zero-order valence-corrected chi connectivity index (χ0v) is 14.4. The van der Waals surface area contributed by atoms with E-state index in [2.05, 4.69) is 63.2 Å². The maximum absolute atomic E-state index is 5.97. The normalized spacial score (nSPS) is 11.9. The predicted molar refractivity (Wildman–Crippen MR) is 90.9 cm³/mol. The average Bonchev–Trinajstić information content (AvgIpc) is 2.38. The monoisotopic (exact) mass is 292 g/mol. The van der Waals surface area contributed by atoms with Crippen LogP contribution in [-0.4, -0.2) is 38.2 Å². The SMILES string of the molecule is CCCNCc1ccccc1OCCN(C)CC(C)(C)C. The van der Waals surface area contributed by atoms with Crippen molar-refractivity contribution in [2.45, 2.75) is 40.7 Å². The third-order valence-corrected chi connectivity index (χ3v) is 3.19. The van der Waals surface area contributed by atoms with Gasteiger partial charge < -0.3 is 15.0 Å². The summed E-state index contributed by atoms with van der Waals surface area (Å²) >= 11 is 0. The van der Waals surface area contributed by atoms with Crippen molar-refractivity contribution < 1.29 is 4.74 Å². The molecule has 0 heterocycles. The number of benzene rings is 1. The summed E-state index contributed by atoms with van der Waals surface area (Å²) in [5.74, 6) is 1.00. The summed E-state index contributed by atoms with van der Waals surface area (Å²) in [6, 6.07) is 8.31. The molecular weight excluding hydrogens is 260 g/mol. The summed E-state index contributed by atoms with van der Waals surface area (Å²) < 4.78 is 5.97. The van der Waals surface area contributed by atoms with Crippen molar-refractivity contribution in [2.24, 2.45) is 5.41 Å². The summed E-state index contributed by atoms with van der Waals surface area (Å²) in [4.78, 5) is 2.33. The van der Waals surface area contributed by atoms with Gasteiger partial charge in [-0.15, -0.1) is 0 Å². The third kappa shape index (κ3) is 8.08. The molecule has 1 N–H and O–H groups in total. The van der Waals surface area contributed by atoms with Crippen LogP contribution in [0.25, 0.3) is 0 Å². The second-order valence-electron chi connectivity index (χ2n) is 6.93. The Morgan fingerprint density at radius 3 is 2.57 bits per heavy atom. The van der Waals surface area contributed by atoms with E-state index in [1.54, 1.807) is 0 Å². The van der Waals surface area contributed by atoms with Crippen molar-refractivity contribution in [3.8, 4) is 5.75 Å². The van der Waals surface area contributed by atoms with Crippen LogP contribution < -0.4 is 10.1 Å². The Bertz CT molecular complexity index is 398. The van der Waals surface area contributed by atoms with Crippen LogP contribution in [0.5, 0.6) is 5.75 Å². The fraction of sp³-hybridized carbons (Fsp3) is 0.667. The number of ether oxygens (including phenoxy) is 1. The van der Waals surface area contributed by atoms with E-state index in [0.717, 1.165) is 45.0 Å². The molecule has 0 spiro atoms. The second kappa shape index (κ2) is 9.06. The molecular formula is C18H32N2O. The van der Waals surface area contributed by atoms with E-state index in [4.69, 9.17) is 4.74 Å². The Hall–Kier alpha value is -1.06. The van der Waals surface area contributed by atoms with Crippen molar-refractivity contribution in [3.63, 3.8) is 0 Å². The first-order chi connectivity index (χ1) is 9.92. The van der Waals surface area contributed by atoms with Crippen LogP contribution >= 0.6 is 0 Å². The molecule has 120 valence electrons. The molecule has 0 bridgehead atoms. The molecule has 0 radical (unpaired) electrons. The fourth-order valence-electron chi connectivity index (χ4n) is 2.39. The smallest absolute Gasteiger partial charge is 0.123 e. The van der Waals surface area contributed by atoms with Gasteiger partial charge in [0, 0.05) is 25.2 Å². The lowest BCUT2D eigenvalue weighted by molar-refractivity contribution is 0.187. The lowest BCUT2D eigenvalue weighted by Gasteiger charge is -2.26. The number of hydrogen-bond donors (Lipinski definition) is 1. The minimum absolute atomic E-state index is 0.330. The summed E-state index contributed by atoms with van der Waals surface area (Å²) in [6.45, 7) is 13.7. The molecule has 1 aromatic carbocycles. The highest BCUT2D eigenvalue weighted by Crippen LogP contribution is 2.18. The molecule has 0 aliphatic heterocycles. The maximum Gasteiger partial charge on any atom is 0.123 e. The van der Waals surface area contributed by atoms with E-state index in [1.807, 2.05) is 6.07 Å². The van der Waals surface area contributed by atoms with Crippen molar-refractivity contribution >= 4 is 0 Å². The average molecular weight is 292 g/mol. The van der Waals surface area contributed by atoms with Gasteiger partial charge in [0.2, 0.25) is 0 Å². The lowest BCUT2D eigenvalue weighted by Crippen LogP contribution is -2.32. The van der Waals surface area contributed by atoms with Crippen LogP contribution in [-0.2, 0) is 6.54 Å². The molecule has 21 heavy (non-hydrogen) atoms. The minimum atomic E-state index is 0.330. The summed E-state index contributed by atoms with van der Waals surface area (Å²) in [5.41, 5.74) is 1.57. The number of nitrogens with one attached hydrogen (secondary N) is 1. The Labute approximate surface area is 130 Å². The van der Waals surface area contributed by atoms with Gasteiger partial charge in [0.1, 0.15) is 12.4 Å². The van der Waals surface area contributed by atoms with Crippen molar-refractivity contribution in [1.82, 2.24) is 10.2 Å². The van der Waals surface area contributed by atoms with Gasteiger partial charge in [-0.1, -0.05) is 45.9 Å². The Balaban J connectivity index is 2.40. The van der Waals surface area contributed by atoms with E-state index in [1.165, 1.54) is 5.56 Å². The number of rotatable bonds is 9. The number of nitrogens with zero attached hydrogens (tertiary/aromatic N) is 1. The Kier molecular flexibility index (Phi) is 7.76. The maximum atomic E-state index is 5.97. The summed E-state index contributed by atoms with van der Waals surface area (Å²) in [7, 11) is 2.16.